The summed E-state index contributed by atoms with van der Waals surface area (Å²) in [6.07, 6.45) is -1.46. The molecule has 13 heteroatoms. The second-order valence-corrected chi connectivity index (χ2v) is 12.1. The van der Waals surface area contributed by atoms with Crippen LogP contribution in [0.4, 0.5) is 20.2 Å². The molecule has 3 aliphatic rings. The first-order chi connectivity index (χ1) is 20.1. The van der Waals surface area contributed by atoms with Crippen molar-refractivity contribution in [3.05, 3.63) is 52.6 Å². The predicted molar refractivity (Wildman–Crippen MR) is 150 cm³/mol. The maximum Gasteiger partial charge on any atom is 0.230 e. The molecule has 0 aromatic heterocycles. The summed E-state index contributed by atoms with van der Waals surface area (Å²) in [5.41, 5.74) is 3.77. The normalized spacial score (nSPS) is 30.0. The number of benzene rings is 2. The first kappa shape index (κ1) is 30.5. The Morgan fingerprint density at radius 3 is 2.26 bits per heavy atom. The van der Waals surface area contributed by atoms with Gasteiger partial charge < -0.3 is 36.2 Å². The second kappa shape index (κ2) is 10.6. The van der Waals surface area contributed by atoms with Crippen molar-refractivity contribution < 1.29 is 43.3 Å². The van der Waals surface area contributed by atoms with Crippen LogP contribution < -0.4 is 16.0 Å². The van der Waals surface area contributed by atoms with Gasteiger partial charge in [-0.15, -0.1) is 0 Å². The van der Waals surface area contributed by atoms with E-state index < -0.39 is 82.1 Å². The Hall–Kier alpha value is -3.94. The van der Waals surface area contributed by atoms with E-state index in [9.17, 15) is 43.3 Å². The number of nitrogens with two attached hydrogens (primary N) is 1. The van der Waals surface area contributed by atoms with Crippen LogP contribution in [0.15, 0.2) is 24.3 Å². The Balaban J connectivity index is 1.59. The number of hydrogen-bond acceptors (Lipinski definition) is 10. The molecule has 6 N–H and O–H groups in total. The van der Waals surface area contributed by atoms with E-state index in [2.05, 4.69) is 5.32 Å². The number of aromatic hydroxyl groups is 1. The van der Waals surface area contributed by atoms with Crippen LogP contribution >= 0.6 is 0 Å². The van der Waals surface area contributed by atoms with Gasteiger partial charge in [0.05, 0.1) is 23.3 Å². The third kappa shape index (κ3) is 4.66. The number of fused-ring (bicyclic) bond motifs is 3. The van der Waals surface area contributed by atoms with Crippen molar-refractivity contribution in [3.8, 4) is 5.75 Å². The number of rotatable bonds is 6. The number of aliphatic hydroxyl groups excluding tert-OH is 1. The first-order valence-corrected chi connectivity index (χ1v) is 13.8. The molecule has 0 bridgehead atoms. The Bertz CT molecular complexity index is 1530. The lowest BCUT2D eigenvalue weighted by atomic mass is 9.52. The number of nitrogens with zero attached hydrogens (tertiary/aromatic N) is 2. The van der Waals surface area contributed by atoms with Gasteiger partial charge in [-0.3, -0.25) is 19.2 Å². The fourth-order valence-electron chi connectivity index (χ4n) is 7.31. The highest BCUT2D eigenvalue weighted by Gasteiger charge is 2.69. The molecule has 0 spiro atoms. The van der Waals surface area contributed by atoms with E-state index in [0.717, 1.165) is 18.2 Å². The number of aliphatic hydroxyl groups is 2. The summed E-state index contributed by atoms with van der Waals surface area (Å²) in [6, 6.07) is 3.55. The SMILES string of the molecule is CN(C)c1cc(NCc2cc(F)cc(F)c2)c(O)c2c1C[C@@H]1C[C@@H]3[C@@H](N(C)C)C(O)C(C(N)=O)C(=O)[C@]3(O)C(=O)C1C2=O. The Kier molecular flexibility index (Phi) is 7.56. The molecule has 3 unspecified atom stereocenters. The number of amides is 1. The zero-order chi connectivity index (χ0) is 31.7. The van der Waals surface area contributed by atoms with Crippen molar-refractivity contribution in [2.45, 2.75) is 37.1 Å². The number of carbonyl (C=O) groups excluding carboxylic acids is 4. The van der Waals surface area contributed by atoms with Gasteiger partial charge in [-0.25, -0.2) is 8.78 Å². The van der Waals surface area contributed by atoms with Crippen LogP contribution in [0, 0.1) is 35.3 Å². The summed E-state index contributed by atoms with van der Waals surface area (Å²) in [4.78, 5) is 57.1. The molecule has 0 heterocycles. The van der Waals surface area contributed by atoms with Crippen LogP contribution in [-0.4, -0.2) is 89.4 Å². The van der Waals surface area contributed by atoms with Crippen molar-refractivity contribution in [2.75, 3.05) is 38.4 Å². The number of likely N-dealkylation sites (N-methyl/N-ethyl adjacent to an activating group) is 1. The second-order valence-electron chi connectivity index (χ2n) is 12.1. The largest absolute Gasteiger partial charge is 0.505 e. The average molecular weight is 601 g/mol. The summed E-state index contributed by atoms with van der Waals surface area (Å²) >= 11 is 0. The van der Waals surface area contributed by atoms with Crippen molar-refractivity contribution >= 4 is 34.6 Å². The average Bonchev–Trinajstić information content (AvgIpc) is 2.89. The van der Waals surface area contributed by atoms with E-state index in [0.29, 0.717) is 11.3 Å². The lowest BCUT2D eigenvalue weighted by Gasteiger charge is -2.55. The van der Waals surface area contributed by atoms with E-state index in [4.69, 9.17) is 5.73 Å². The van der Waals surface area contributed by atoms with Crippen molar-refractivity contribution in [1.29, 1.82) is 0 Å². The van der Waals surface area contributed by atoms with Crippen LogP contribution in [0.25, 0.3) is 0 Å². The molecule has 2 aromatic rings. The number of ketones is 3. The molecule has 0 radical (unpaired) electrons. The van der Waals surface area contributed by atoms with Crippen molar-refractivity contribution in [1.82, 2.24) is 4.90 Å². The maximum absolute atomic E-state index is 14.1. The zero-order valence-corrected chi connectivity index (χ0v) is 24.1. The molecule has 2 fully saturated rings. The fraction of sp³-hybridized carbons (Fsp3) is 0.467. The molecule has 5 rings (SSSR count). The third-order valence-electron chi connectivity index (χ3n) is 9.15. The molecule has 0 aliphatic heterocycles. The van der Waals surface area contributed by atoms with Gasteiger partial charge in [0, 0.05) is 44.4 Å². The summed E-state index contributed by atoms with van der Waals surface area (Å²) in [6.45, 7) is -0.105. The summed E-state index contributed by atoms with van der Waals surface area (Å²) in [5.74, 6) is -11.6. The number of hydrogen-bond donors (Lipinski definition) is 5. The Morgan fingerprint density at radius 1 is 1.07 bits per heavy atom. The summed E-state index contributed by atoms with van der Waals surface area (Å²) in [5, 5.41) is 37.0. The lowest BCUT2D eigenvalue weighted by molar-refractivity contribution is -0.190. The summed E-state index contributed by atoms with van der Waals surface area (Å²) < 4.78 is 27.4. The molecular formula is C30H34F2N4O7. The Labute approximate surface area is 246 Å². The molecule has 11 nitrogen and oxygen atoms in total. The molecule has 2 saturated carbocycles. The standard InChI is InChI=1S/C30H34F2N4O7/c1-35(2)19-10-18(34-11-12-5-14(31)9-15(32)6-12)24(37)21-16(19)7-13-8-17-23(36(3)4)26(39)22(29(33)42)28(41)30(17,43)27(40)20(13)25(21)38/h5-6,9-10,13,17,20,22-23,26,34,37,39,43H,7-8,11H2,1-4H3,(H2,33,42)/t13-,17-,20?,22?,23-,26?,30-/m1/s1. The highest BCUT2D eigenvalue weighted by atomic mass is 19.1. The molecular weight excluding hydrogens is 566 g/mol. The van der Waals surface area contributed by atoms with Crippen LogP contribution in [-0.2, 0) is 27.3 Å². The molecule has 230 valence electrons. The molecule has 7 atom stereocenters. The van der Waals surface area contributed by atoms with Gasteiger partial charge >= 0.3 is 0 Å². The minimum absolute atomic E-state index is 0.00597. The number of Topliss-reactive ketones (excluding diaryl/α,β-unsaturated/α-hetero) is 3. The molecule has 2 aromatic carbocycles. The minimum Gasteiger partial charge on any atom is -0.505 e. The van der Waals surface area contributed by atoms with Crippen molar-refractivity contribution in [2.24, 2.45) is 29.4 Å². The smallest absolute Gasteiger partial charge is 0.230 e. The van der Waals surface area contributed by atoms with Crippen LogP contribution in [0.1, 0.15) is 27.9 Å². The molecule has 43 heavy (non-hydrogen) atoms. The van der Waals surface area contributed by atoms with Gasteiger partial charge in [-0.2, -0.15) is 0 Å². The van der Waals surface area contributed by atoms with E-state index in [1.54, 1.807) is 39.2 Å². The number of primary amides is 1. The zero-order valence-electron chi connectivity index (χ0n) is 24.1. The van der Waals surface area contributed by atoms with Gasteiger partial charge in [0.25, 0.3) is 0 Å². The van der Waals surface area contributed by atoms with Crippen LogP contribution in [0.2, 0.25) is 0 Å². The summed E-state index contributed by atoms with van der Waals surface area (Å²) in [7, 11) is 6.60. The van der Waals surface area contributed by atoms with E-state index in [1.165, 1.54) is 4.90 Å². The van der Waals surface area contributed by atoms with Gasteiger partial charge in [0.1, 0.15) is 23.3 Å². The lowest BCUT2D eigenvalue weighted by Crippen LogP contribution is -2.75. The monoisotopic (exact) mass is 600 g/mol. The van der Waals surface area contributed by atoms with E-state index >= 15 is 0 Å². The number of halogens is 2. The van der Waals surface area contributed by atoms with Gasteiger partial charge in [-0.05, 0) is 62.2 Å². The fourth-order valence-corrected chi connectivity index (χ4v) is 7.31. The van der Waals surface area contributed by atoms with E-state index in [1.807, 2.05) is 0 Å². The van der Waals surface area contributed by atoms with E-state index in [-0.39, 0.29) is 36.2 Å². The maximum atomic E-state index is 14.1. The Morgan fingerprint density at radius 2 is 1.70 bits per heavy atom. The number of nitrogens with one attached hydrogen (secondary N) is 1. The highest BCUT2D eigenvalue weighted by Crippen LogP contribution is 2.53. The molecule has 0 saturated heterocycles. The topological polar surface area (TPSA) is 173 Å². The van der Waals surface area contributed by atoms with Gasteiger partial charge in [-0.1, -0.05) is 0 Å². The minimum atomic E-state index is -2.76. The number of carbonyl (C=O) groups is 4. The highest BCUT2D eigenvalue weighted by molar-refractivity contribution is 6.26. The number of phenolic OH excluding ortho intramolecular Hbond substituents is 1. The number of anilines is 2. The van der Waals surface area contributed by atoms with Crippen molar-refractivity contribution in [3.63, 3.8) is 0 Å². The first-order valence-electron chi connectivity index (χ1n) is 13.8. The van der Waals surface area contributed by atoms with Gasteiger partial charge in [0.2, 0.25) is 5.91 Å². The quantitative estimate of drug-likeness (QED) is 0.234. The predicted octanol–water partition coefficient (Wildman–Crippen LogP) is 0.615. The molecule has 1 amide bonds. The molecule has 3 aliphatic carbocycles. The van der Waals surface area contributed by atoms with Crippen LogP contribution in [0.5, 0.6) is 5.75 Å². The van der Waals surface area contributed by atoms with Crippen LogP contribution in [0.3, 0.4) is 0 Å². The number of phenols is 1. The van der Waals surface area contributed by atoms with Gasteiger partial charge in [0.15, 0.2) is 23.0 Å². The third-order valence-corrected chi connectivity index (χ3v) is 9.15.